The normalized spacial score (nSPS) is 12.9. The average Bonchev–Trinajstić information content (AvgIpc) is 3.52. The lowest BCUT2D eigenvalue weighted by Gasteiger charge is -2.16. The van der Waals surface area contributed by atoms with Crippen LogP contribution in [0.25, 0.3) is 97.3 Å². The summed E-state index contributed by atoms with van der Waals surface area (Å²) in [6, 6.07) is 38.8. The molecule has 0 spiro atoms. The highest BCUT2D eigenvalue weighted by Gasteiger charge is 2.30. The number of aryl methyl sites for hydroxylation is 2. The van der Waals surface area contributed by atoms with Gasteiger partial charge in [-0.1, -0.05) is 84.9 Å². The van der Waals surface area contributed by atoms with Crippen molar-refractivity contribution in [2.24, 2.45) is 0 Å². The van der Waals surface area contributed by atoms with Gasteiger partial charge in [-0.3, -0.25) is 0 Å². The van der Waals surface area contributed by atoms with E-state index < -0.39 is 11.7 Å². The SMILES string of the molecule is Cc1cc2c3ccccc3c3cc4cc5c6cc7ccccc7c7cc(C)cc(c5c(-c5ccc(C(F)(F)F)cc5)c4c(c1)c23)c76. The van der Waals surface area contributed by atoms with Crippen molar-refractivity contribution in [3.63, 3.8) is 0 Å². The van der Waals surface area contributed by atoms with Gasteiger partial charge in [0.1, 0.15) is 0 Å². The standard InChI is InChI=1S/C43H25F3/c1-22-15-31-28-8-4-3-7-25(28)19-34-35-21-26-20-33-30-10-6-5-9-29(30)32-16-23(2)17-36(41(32)33)38(26)39(42(35)37(18-22)40(31)34)24-11-13-27(14-12-24)43(44,45)46/h3-21H,1-2H3. The summed E-state index contributed by atoms with van der Waals surface area (Å²) in [5, 5.41) is 18.8. The van der Waals surface area contributed by atoms with Crippen LogP contribution in [0, 0.1) is 13.8 Å². The van der Waals surface area contributed by atoms with Crippen LogP contribution in [0.2, 0.25) is 0 Å². The Hall–Kier alpha value is -5.41. The maximum Gasteiger partial charge on any atom is 0.416 e. The molecule has 0 fully saturated rings. The number of rotatable bonds is 1. The van der Waals surface area contributed by atoms with Gasteiger partial charge in [0, 0.05) is 0 Å². The van der Waals surface area contributed by atoms with Gasteiger partial charge in [-0.05, 0) is 153 Å². The van der Waals surface area contributed by atoms with Crippen molar-refractivity contribution in [1.29, 1.82) is 0 Å². The molecule has 0 amide bonds. The predicted molar refractivity (Wildman–Crippen MR) is 189 cm³/mol. The molecule has 0 N–H and O–H groups in total. The molecule has 0 nitrogen and oxygen atoms in total. The van der Waals surface area contributed by atoms with Gasteiger partial charge in [-0.15, -0.1) is 0 Å². The van der Waals surface area contributed by atoms with Crippen molar-refractivity contribution < 1.29 is 13.2 Å². The van der Waals surface area contributed by atoms with E-state index in [0.717, 1.165) is 54.6 Å². The molecular weight excluding hydrogens is 573 g/mol. The van der Waals surface area contributed by atoms with Crippen molar-refractivity contribution in [2.45, 2.75) is 20.0 Å². The minimum absolute atomic E-state index is 0.640. The minimum Gasteiger partial charge on any atom is -0.166 e. The second kappa shape index (κ2) is 8.64. The van der Waals surface area contributed by atoms with Gasteiger partial charge >= 0.3 is 6.18 Å². The van der Waals surface area contributed by atoms with Crippen molar-refractivity contribution in [3.8, 4) is 11.1 Å². The number of hydrogen-bond donors (Lipinski definition) is 0. The molecule has 10 rings (SSSR count). The molecule has 0 bridgehead atoms. The van der Waals surface area contributed by atoms with Gasteiger partial charge in [-0.2, -0.15) is 13.2 Å². The second-order valence-electron chi connectivity index (χ2n) is 12.9. The summed E-state index contributed by atoms with van der Waals surface area (Å²) in [4.78, 5) is 0. The zero-order valence-corrected chi connectivity index (χ0v) is 25.1. The lowest BCUT2D eigenvalue weighted by atomic mass is 9.87. The molecule has 0 aliphatic heterocycles. The molecule has 0 saturated heterocycles. The summed E-state index contributed by atoms with van der Waals surface area (Å²) in [5.74, 6) is 0. The topological polar surface area (TPSA) is 0 Å². The first-order chi connectivity index (χ1) is 22.3. The van der Waals surface area contributed by atoms with Gasteiger partial charge in [0.05, 0.1) is 5.56 Å². The molecule has 0 unspecified atom stereocenters. The molecule has 0 aromatic heterocycles. The van der Waals surface area contributed by atoms with E-state index >= 15 is 0 Å². The number of alkyl halides is 3. The fraction of sp³-hybridized carbons (Fsp3) is 0.0698. The summed E-state index contributed by atoms with van der Waals surface area (Å²) in [6.07, 6.45) is -4.41. The molecule has 10 aromatic carbocycles. The third kappa shape index (κ3) is 3.30. The molecule has 0 aliphatic carbocycles. The Morgan fingerprint density at radius 1 is 0.391 bits per heavy atom. The maximum absolute atomic E-state index is 13.8. The summed E-state index contributed by atoms with van der Waals surface area (Å²) in [7, 11) is 0. The summed E-state index contributed by atoms with van der Waals surface area (Å²) >= 11 is 0. The van der Waals surface area contributed by atoms with Crippen LogP contribution in [-0.4, -0.2) is 0 Å². The lowest BCUT2D eigenvalue weighted by molar-refractivity contribution is -0.137. The molecule has 0 saturated carbocycles. The maximum atomic E-state index is 13.8. The Balaban J connectivity index is 1.51. The summed E-state index contributed by atoms with van der Waals surface area (Å²) < 4.78 is 41.4. The van der Waals surface area contributed by atoms with Crippen LogP contribution in [0.15, 0.2) is 115 Å². The van der Waals surface area contributed by atoms with E-state index in [0.29, 0.717) is 0 Å². The van der Waals surface area contributed by atoms with Gasteiger partial charge in [0.2, 0.25) is 0 Å². The van der Waals surface area contributed by atoms with Crippen molar-refractivity contribution >= 4 is 86.2 Å². The third-order valence-corrected chi connectivity index (χ3v) is 10.1. The fourth-order valence-corrected chi connectivity index (χ4v) is 8.39. The first kappa shape index (κ1) is 25.9. The Bertz CT molecular complexity index is 2880. The van der Waals surface area contributed by atoms with Crippen LogP contribution >= 0.6 is 0 Å². The highest BCUT2D eigenvalue weighted by atomic mass is 19.4. The molecule has 3 heteroatoms. The molecule has 218 valence electrons. The van der Waals surface area contributed by atoms with E-state index in [-0.39, 0.29) is 0 Å². The van der Waals surface area contributed by atoms with E-state index in [1.807, 2.05) is 0 Å². The zero-order chi connectivity index (χ0) is 31.1. The van der Waals surface area contributed by atoms with Crippen molar-refractivity contribution in [1.82, 2.24) is 0 Å². The first-order valence-electron chi connectivity index (χ1n) is 15.6. The number of halogens is 3. The highest BCUT2D eigenvalue weighted by Crippen LogP contribution is 2.52. The number of hydrogen-bond acceptors (Lipinski definition) is 0. The summed E-state index contributed by atoms with van der Waals surface area (Å²) in [5.41, 5.74) is 3.45. The molecule has 0 heterocycles. The first-order valence-corrected chi connectivity index (χ1v) is 15.6. The van der Waals surface area contributed by atoms with E-state index in [4.69, 9.17) is 0 Å². The molecule has 10 aromatic rings. The largest absolute Gasteiger partial charge is 0.416 e. The quantitative estimate of drug-likeness (QED) is 0.165. The Morgan fingerprint density at radius 2 is 0.848 bits per heavy atom. The Kier molecular flexibility index (Phi) is 4.86. The van der Waals surface area contributed by atoms with Gasteiger partial charge < -0.3 is 0 Å². The van der Waals surface area contributed by atoms with E-state index in [2.05, 4.69) is 105 Å². The number of fused-ring (bicyclic) bond motifs is 10. The predicted octanol–water partition coefficient (Wildman–Crippen LogP) is 13.1. The van der Waals surface area contributed by atoms with Crippen LogP contribution in [0.3, 0.4) is 0 Å². The monoisotopic (exact) mass is 598 g/mol. The highest BCUT2D eigenvalue weighted by molar-refractivity contribution is 6.43. The van der Waals surface area contributed by atoms with Crippen LogP contribution < -0.4 is 0 Å². The summed E-state index contributed by atoms with van der Waals surface area (Å²) in [6.45, 7) is 4.26. The van der Waals surface area contributed by atoms with E-state index in [1.54, 1.807) is 12.1 Å². The second-order valence-corrected chi connectivity index (χ2v) is 12.9. The Morgan fingerprint density at radius 3 is 1.48 bits per heavy atom. The third-order valence-electron chi connectivity index (χ3n) is 10.1. The zero-order valence-electron chi connectivity index (χ0n) is 25.1. The van der Waals surface area contributed by atoms with Crippen LogP contribution in [-0.2, 0) is 6.18 Å². The van der Waals surface area contributed by atoms with Crippen molar-refractivity contribution in [3.05, 3.63) is 132 Å². The van der Waals surface area contributed by atoms with Crippen LogP contribution in [0.5, 0.6) is 0 Å². The average molecular weight is 599 g/mol. The van der Waals surface area contributed by atoms with Crippen LogP contribution in [0.4, 0.5) is 13.2 Å². The molecule has 0 radical (unpaired) electrons. The van der Waals surface area contributed by atoms with Crippen LogP contribution in [0.1, 0.15) is 16.7 Å². The van der Waals surface area contributed by atoms with E-state index in [9.17, 15) is 13.2 Å². The fourth-order valence-electron chi connectivity index (χ4n) is 8.39. The van der Waals surface area contributed by atoms with Gasteiger partial charge in [-0.25, -0.2) is 0 Å². The Labute approximate surface area is 261 Å². The van der Waals surface area contributed by atoms with E-state index in [1.165, 1.54) is 66.0 Å². The smallest absolute Gasteiger partial charge is 0.166 e. The molecule has 0 aliphatic rings. The molecular formula is C43H25F3. The van der Waals surface area contributed by atoms with Gasteiger partial charge in [0.25, 0.3) is 0 Å². The minimum atomic E-state index is -4.41. The van der Waals surface area contributed by atoms with Crippen molar-refractivity contribution in [2.75, 3.05) is 0 Å². The number of benzene rings is 8. The lowest BCUT2D eigenvalue weighted by Crippen LogP contribution is -2.04. The van der Waals surface area contributed by atoms with Gasteiger partial charge in [0.15, 0.2) is 0 Å². The molecule has 0 atom stereocenters. The molecule has 46 heavy (non-hydrogen) atoms.